The average Bonchev–Trinajstić information content (AvgIpc) is 2.33. The number of halogens is 1. The molecule has 0 radical (unpaired) electrons. The van der Waals surface area contributed by atoms with Crippen LogP contribution in [0.25, 0.3) is 0 Å². The van der Waals surface area contributed by atoms with Crippen LogP contribution in [0, 0.1) is 24.3 Å². The summed E-state index contributed by atoms with van der Waals surface area (Å²) in [6.45, 7) is 6.10. The van der Waals surface area contributed by atoms with Crippen LogP contribution in [-0.2, 0) is 0 Å². The molecule has 0 atom stereocenters. The third-order valence-corrected chi connectivity index (χ3v) is 3.67. The van der Waals surface area contributed by atoms with Crippen molar-refractivity contribution in [2.75, 3.05) is 5.32 Å². The second kappa shape index (κ2) is 5.74. The summed E-state index contributed by atoms with van der Waals surface area (Å²) in [6, 6.07) is 11.7. The van der Waals surface area contributed by atoms with Crippen LogP contribution in [0.3, 0.4) is 0 Å². The summed E-state index contributed by atoms with van der Waals surface area (Å²) < 4.78 is 1.06. The summed E-state index contributed by atoms with van der Waals surface area (Å²) in [4.78, 5) is 12.2. The van der Waals surface area contributed by atoms with Gasteiger partial charge in [-0.25, -0.2) is 0 Å². The molecule has 2 aromatic rings. The Morgan fingerprint density at radius 1 is 1.05 bits per heavy atom. The molecule has 98 valence electrons. The molecule has 0 aliphatic carbocycles. The zero-order chi connectivity index (χ0) is 14.0. The van der Waals surface area contributed by atoms with Gasteiger partial charge in [-0.05, 0) is 72.7 Å². The van der Waals surface area contributed by atoms with Gasteiger partial charge in [0, 0.05) is 14.8 Å². The lowest BCUT2D eigenvalue weighted by atomic mass is 10.0. The lowest BCUT2D eigenvalue weighted by Gasteiger charge is -2.13. The van der Waals surface area contributed by atoms with Gasteiger partial charge in [0.25, 0.3) is 5.91 Å². The number of amides is 1. The van der Waals surface area contributed by atoms with E-state index >= 15 is 0 Å². The Bertz CT molecular complexity index is 611. The summed E-state index contributed by atoms with van der Waals surface area (Å²) in [5, 5.41) is 3.01. The van der Waals surface area contributed by atoms with Crippen molar-refractivity contribution in [3.05, 3.63) is 62.2 Å². The summed E-state index contributed by atoms with van der Waals surface area (Å²) in [7, 11) is 0. The predicted octanol–water partition coefficient (Wildman–Crippen LogP) is 4.47. The summed E-state index contributed by atoms with van der Waals surface area (Å²) >= 11 is 2.21. The van der Waals surface area contributed by atoms with E-state index in [9.17, 15) is 4.79 Å². The average molecular weight is 365 g/mol. The highest BCUT2D eigenvalue weighted by Crippen LogP contribution is 2.22. The Kier molecular flexibility index (Phi) is 4.24. The van der Waals surface area contributed by atoms with E-state index in [1.54, 1.807) is 0 Å². The first-order chi connectivity index (χ1) is 8.97. The van der Waals surface area contributed by atoms with Crippen LogP contribution in [0.2, 0.25) is 0 Å². The standard InChI is InChI=1S/C16H16INO/c1-10-7-11(2)15(12(3)8-10)18-16(19)13-5-4-6-14(17)9-13/h4-9H,1-3H3,(H,18,19). The van der Waals surface area contributed by atoms with Gasteiger partial charge in [-0.1, -0.05) is 23.8 Å². The van der Waals surface area contributed by atoms with Crippen molar-refractivity contribution in [3.63, 3.8) is 0 Å². The number of anilines is 1. The van der Waals surface area contributed by atoms with E-state index in [2.05, 4.69) is 47.0 Å². The van der Waals surface area contributed by atoms with Crippen molar-refractivity contribution in [1.29, 1.82) is 0 Å². The molecule has 2 nitrogen and oxygen atoms in total. The van der Waals surface area contributed by atoms with E-state index in [0.717, 1.165) is 20.4 Å². The third kappa shape index (κ3) is 3.35. The van der Waals surface area contributed by atoms with Crippen molar-refractivity contribution < 1.29 is 4.79 Å². The molecular weight excluding hydrogens is 349 g/mol. The minimum Gasteiger partial charge on any atom is -0.322 e. The van der Waals surface area contributed by atoms with Crippen molar-refractivity contribution in [1.82, 2.24) is 0 Å². The minimum absolute atomic E-state index is 0.0615. The molecule has 0 saturated carbocycles. The number of hydrogen-bond acceptors (Lipinski definition) is 1. The number of benzene rings is 2. The van der Waals surface area contributed by atoms with Gasteiger partial charge >= 0.3 is 0 Å². The van der Waals surface area contributed by atoms with Gasteiger partial charge < -0.3 is 5.32 Å². The number of nitrogens with one attached hydrogen (secondary N) is 1. The SMILES string of the molecule is Cc1cc(C)c(NC(=O)c2cccc(I)c2)c(C)c1. The van der Waals surface area contributed by atoms with Crippen molar-refractivity contribution in [2.24, 2.45) is 0 Å². The van der Waals surface area contributed by atoms with Crippen LogP contribution in [-0.4, -0.2) is 5.91 Å². The van der Waals surface area contributed by atoms with Crippen molar-refractivity contribution in [2.45, 2.75) is 20.8 Å². The number of carbonyl (C=O) groups is 1. The van der Waals surface area contributed by atoms with E-state index in [1.165, 1.54) is 5.56 Å². The zero-order valence-electron chi connectivity index (χ0n) is 11.3. The largest absolute Gasteiger partial charge is 0.322 e. The van der Waals surface area contributed by atoms with Crippen LogP contribution >= 0.6 is 22.6 Å². The van der Waals surface area contributed by atoms with E-state index < -0.39 is 0 Å². The number of aryl methyl sites for hydroxylation is 3. The molecule has 0 aliphatic heterocycles. The molecule has 0 saturated heterocycles. The van der Waals surface area contributed by atoms with Crippen LogP contribution in [0.1, 0.15) is 27.0 Å². The highest BCUT2D eigenvalue weighted by molar-refractivity contribution is 14.1. The Hall–Kier alpha value is -1.36. The van der Waals surface area contributed by atoms with E-state index in [4.69, 9.17) is 0 Å². The Balaban J connectivity index is 2.29. The molecule has 19 heavy (non-hydrogen) atoms. The molecule has 3 heteroatoms. The highest BCUT2D eigenvalue weighted by atomic mass is 127. The van der Waals surface area contributed by atoms with Gasteiger partial charge in [0.05, 0.1) is 0 Å². The molecule has 0 fully saturated rings. The minimum atomic E-state index is -0.0615. The highest BCUT2D eigenvalue weighted by Gasteiger charge is 2.10. The lowest BCUT2D eigenvalue weighted by molar-refractivity contribution is 0.102. The Morgan fingerprint density at radius 2 is 1.68 bits per heavy atom. The van der Waals surface area contributed by atoms with Crippen molar-refractivity contribution >= 4 is 34.2 Å². The fourth-order valence-corrected chi connectivity index (χ4v) is 2.74. The van der Waals surface area contributed by atoms with Crippen molar-refractivity contribution in [3.8, 4) is 0 Å². The molecule has 0 aliphatic rings. The topological polar surface area (TPSA) is 29.1 Å². The third-order valence-electron chi connectivity index (χ3n) is 3.00. The van der Waals surface area contributed by atoms with Crippen LogP contribution < -0.4 is 5.32 Å². The quantitative estimate of drug-likeness (QED) is 0.782. The van der Waals surface area contributed by atoms with Crippen LogP contribution in [0.4, 0.5) is 5.69 Å². The molecule has 0 spiro atoms. The van der Waals surface area contributed by atoms with Gasteiger partial charge in [-0.3, -0.25) is 4.79 Å². The van der Waals surface area contributed by atoms with Gasteiger partial charge in [0.1, 0.15) is 0 Å². The normalized spacial score (nSPS) is 10.3. The molecule has 2 aromatic carbocycles. The molecule has 1 amide bonds. The second-order valence-electron chi connectivity index (χ2n) is 4.74. The molecule has 2 rings (SSSR count). The molecule has 0 aromatic heterocycles. The van der Waals surface area contributed by atoms with Crippen LogP contribution in [0.15, 0.2) is 36.4 Å². The monoisotopic (exact) mass is 365 g/mol. The maximum absolute atomic E-state index is 12.2. The fourth-order valence-electron chi connectivity index (χ4n) is 2.19. The molecule has 0 bridgehead atoms. The summed E-state index contributed by atoms with van der Waals surface area (Å²) in [5.41, 5.74) is 5.00. The maximum Gasteiger partial charge on any atom is 0.255 e. The van der Waals surface area contributed by atoms with Gasteiger partial charge in [-0.15, -0.1) is 0 Å². The zero-order valence-corrected chi connectivity index (χ0v) is 13.4. The number of hydrogen-bond donors (Lipinski definition) is 1. The molecular formula is C16H16INO. The van der Waals surface area contributed by atoms with Gasteiger partial charge in [0.15, 0.2) is 0 Å². The first-order valence-electron chi connectivity index (χ1n) is 6.12. The molecule has 0 unspecified atom stereocenters. The van der Waals surface area contributed by atoms with Gasteiger partial charge in [0.2, 0.25) is 0 Å². The Labute approximate surface area is 127 Å². The molecule has 0 heterocycles. The summed E-state index contributed by atoms with van der Waals surface area (Å²) in [5.74, 6) is -0.0615. The van der Waals surface area contributed by atoms with Crippen LogP contribution in [0.5, 0.6) is 0 Å². The van der Waals surface area contributed by atoms with E-state index in [0.29, 0.717) is 5.56 Å². The molecule has 1 N–H and O–H groups in total. The van der Waals surface area contributed by atoms with E-state index in [-0.39, 0.29) is 5.91 Å². The first kappa shape index (κ1) is 14.1. The Morgan fingerprint density at radius 3 is 2.26 bits per heavy atom. The van der Waals surface area contributed by atoms with E-state index in [1.807, 2.05) is 38.1 Å². The number of carbonyl (C=O) groups excluding carboxylic acids is 1. The van der Waals surface area contributed by atoms with Gasteiger partial charge in [-0.2, -0.15) is 0 Å². The smallest absolute Gasteiger partial charge is 0.255 e. The summed E-state index contributed by atoms with van der Waals surface area (Å²) in [6.07, 6.45) is 0. The first-order valence-corrected chi connectivity index (χ1v) is 7.20. The maximum atomic E-state index is 12.2. The number of rotatable bonds is 2. The fraction of sp³-hybridized carbons (Fsp3) is 0.188. The lowest BCUT2D eigenvalue weighted by Crippen LogP contribution is -2.14. The predicted molar refractivity (Wildman–Crippen MR) is 87.8 cm³/mol. The second-order valence-corrected chi connectivity index (χ2v) is 5.98.